The third-order valence-corrected chi connectivity index (χ3v) is 3.59. The molecule has 0 aliphatic heterocycles. The van der Waals surface area contributed by atoms with Crippen molar-refractivity contribution in [3.05, 3.63) is 65.5 Å². The zero-order chi connectivity index (χ0) is 18.1. The number of benzene rings is 2. The lowest BCUT2D eigenvalue weighted by atomic mass is 10.1. The van der Waals surface area contributed by atoms with Gasteiger partial charge in [0.1, 0.15) is 18.2 Å². The van der Waals surface area contributed by atoms with E-state index in [1.165, 1.54) is 12.1 Å². The fourth-order valence-electron chi connectivity index (χ4n) is 2.25. The standard InChI is InChI=1S/C19H21FN4O.HI/c1-22-19(23-14-16-5-3-4-15(12-16)13-21)24(2)10-11-25-18-8-6-17(20)7-9-18;/h3-9,12H,10-11,14H2,1-2H3,(H,22,23);1H. The second-order valence-electron chi connectivity index (χ2n) is 5.44. The maximum absolute atomic E-state index is 12.9. The summed E-state index contributed by atoms with van der Waals surface area (Å²) in [5, 5.41) is 12.2. The fourth-order valence-corrected chi connectivity index (χ4v) is 2.25. The van der Waals surface area contributed by atoms with Gasteiger partial charge in [0.05, 0.1) is 18.2 Å². The molecular formula is C19H22FIN4O. The van der Waals surface area contributed by atoms with Gasteiger partial charge in [0.25, 0.3) is 0 Å². The Bertz CT molecular complexity index is 759. The Morgan fingerprint density at radius 2 is 2.00 bits per heavy atom. The molecule has 0 heterocycles. The average molecular weight is 468 g/mol. The van der Waals surface area contributed by atoms with Gasteiger partial charge in [0, 0.05) is 20.6 Å². The number of nitrogens with one attached hydrogen (secondary N) is 1. The minimum atomic E-state index is -0.283. The van der Waals surface area contributed by atoms with Crippen molar-refractivity contribution < 1.29 is 9.13 Å². The van der Waals surface area contributed by atoms with Gasteiger partial charge in [0.15, 0.2) is 5.96 Å². The number of rotatable bonds is 6. The van der Waals surface area contributed by atoms with Gasteiger partial charge in [-0.2, -0.15) is 5.26 Å². The van der Waals surface area contributed by atoms with Crippen LogP contribution in [-0.4, -0.2) is 38.1 Å². The lowest BCUT2D eigenvalue weighted by Crippen LogP contribution is -2.40. The van der Waals surface area contributed by atoms with Crippen LogP contribution in [0.3, 0.4) is 0 Å². The molecule has 2 aromatic rings. The minimum Gasteiger partial charge on any atom is -0.492 e. The number of guanidine groups is 1. The number of aliphatic imine (C=N–C) groups is 1. The lowest BCUT2D eigenvalue weighted by Gasteiger charge is -2.22. The zero-order valence-electron chi connectivity index (χ0n) is 14.8. The number of ether oxygens (including phenoxy) is 1. The van der Waals surface area contributed by atoms with E-state index in [-0.39, 0.29) is 29.8 Å². The molecule has 0 bridgehead atoms. The largest absolute Gasteiger partial charge is 0.492 e. The number of likely N-dealkylation sites (N-methyl/N-ethyl adjacent to an activating group) is 1. The van der Waals surface area contributed by atoms with Crippen LogP contribution >= 0.6 is 24.0 Å². The van der Waals surface area contributed by atoms with E-state index in [0.717, 1.165) is 11.5 Å². The van der Waals surface area contributed by atoms with Crippen molar-refractivity contribution in [1.82, 2.24) is 10.2 Å². The van der Waals surface area contributed by atoms with E-state index >= 15 is 0 Å². The van der Waals surface area contributed by atoms with Crippen LogP contribution in [-0.2, 0) is 6.54 Å². The highest BCUT2D eigenvalue weighted by Crippen LogP contribution is 2.10. The first-order valence-electron chi connectivity index (χ1n) is 7.91. The van der Waals surface area contributed by atoms with Crippen molar-refractivity contribution in [3.63, 3.8) is 0 Å². The second-order valence-corrected chi connectivity index (χ2v) is 5.44. The predicted molar refractivity (Wildman–Crippen MR) is 111 cm³/mol. The Morgan fingerprint density at radius 3 is 2.65 bits per heavy atom. The summed E-state index contributed by atoms with van der Waals surface area (Å²) in [6.07, 6.45) is 0. The third-order valence-electron chi connectivity index (χ3n) is 3.59. The molecule has 7 heteroatoms. The van der Waals surface area contributed by atoms with Crippen molar-refractivity contribution in [3.8, 4) is 11.8 Å². The van der Waals surface area contributed by atoms with Gasteiger partial charge in [-0.05, 0) is 42.0 Å². The highest BCUT2D eigenvalue weighted by Gasteiger charge is 2.06. The molecule has 0 saturated heterocycles. The predicted octanol–water partition coefficient (Wildman–Crippen LogP) is 3.40. The molecule has 0 saturated carbocycles. The van der Waals surface area contributed by atoms with E-state index in [1.807, 2.05) is 30.1 Å². The van der Waals surface area contributed by atoms with Crippen LogP contribution < -0.4 is 10.1 Å². The van der Waals surface area contributed by atoms with Gasteiger partial charge in [-0.1, -0.05) is 12.1 Å². The van der Waals surface area contributed by atoms with E-state index < -0.39 is 0 Å². The van der Waals surface area contributed by atoms with Crippen LogP contribution in [0.15, 0.2) is 53.5 Å². The molecule has 0 radical (unpaired) electrons. The highest BCUT2D eigenvalue weighted by molar-refractivity contribution is 14.0. The molecule has 0 fully saturated rings. The fraction of sp³-hybridized carbons (Fsp3) is 0.263. The van der Waals surface area contributed by atoms with Crippen molar-refractivity contribution in [2.45, 2.75) is 6.54 Å². The molecule has 2 aromatic carbocycles. The van der Waals surface area contributed by atoms with E-state index in [0.29, 0.717) is 31.0 Å². The van der Waals surface area contributed by atoms with Crippen molar-refractivity contribution in [2.24, 2.45) is 4.99 Å². The molecule has 0 unspecified atom stereocenters. The lowest BCUT2D eigenvalue weighted by molar-refractivity contribution is 0.281. The second kappa shape index (κ2) is 11.3. The van der Waals surface area contributed by atoms with E-state index in [2.05, 4.69) is 16.4 Å². The first-order chi connectivity index (χ1) is 12.1. The summed E-state index contributed by atoms with van der Waals surface area (Å²) in [6.45, 7) is 1.65. The highest BCUT2D eigenvalue weighted by atomic mass is 127. The Labute approximate surface area is 170 Å². The van der Waals surface area contributed by atoms with Gasteiger partial charge >= 0.3 is 0 Å². The monoisotopic (exact) mass is 468 g/mol. The van der Waals surface area contributed by atoms with Crippen molar-refractivity contribution in [2.75, 3.05) is 27.2 Å². The number of hydrogen-bond acceptors (Lipinski definition) is 3. The summed E-state index contributed by atoms with van der Waals surface area (Å²) in [5.74, 6) is 1.07. The molecule has 0 aliphatic carbocycles. The molecular weight excluding hydrogens is 446 g/mol. The maximum Gasteiger partial charge on any atom is 0.193 e. The quantitative estimate of drug-likeness (QED) is 0.401. The first kappa shape index (κ1) is 21.7. The van der Waals surface area contributed by atoms with E-state index in [9.17, 15) is 4.39 Å². The summed E-state index contributed by atoms with van der Waals surface area (Å²) in [4.78, 5) is 6.19. The van der Waals surface area contributed by atoms with Crippen molar-refractivity contribution in [1.29, 1.82) is 5.26 Å². The van der Waals surface area contributed by atoms with Crippen LogP contribution in [0.2, 0.25) is 0 Å². The first-order valence-corrected chi connectivity index (χ1v) is 7.91. The van der Waals surface area contributed by atoms with Crippen LogP contribution in [0.1, 0.15) is 11.1 Å². The molecule has 5 nitrogen and oxygen atoms in total. The van der Waals surface area contributed by atoms with Gasteiger partial charge in [-0.15, -0.1) is 24.0 Å². The van der Waals surface area contributed by atoms with Gasteiger partial charge in [0.2, 0.25) is 0 Å². The summed E-state index contributed by atoms with van der Waals surface area (Å²) < 4.78 is 18.4. The van der Waals surface area contributed by atoms with Crippen LogP contribution in [0.25, 0.3) is 0 Å². The van der Waals surface area contributed by atoms with Crippen LogP contribution in [0, 0.1) is 17.1 Å². The van der Waals surface area contributed by atoms with E-state index in [1.54, 1.807) is 25.2 Å². The molecule has 0 aliphatic rings. The van der Waals surface area contributed by atoms with Crippen LogP contribution in [0.4, 0.5) is 4.39 Å². The molecule has 26 heavy (non-hydrogen) atoms. The van der Waals surface area contributed by atoms with Gasteiger partial charge < -0.3 is 15.0 Å². The minimum absolute atomic E-state index is 0. The molecule has 2 rings (SSSR count). The number of hydrogen-bond donors (Lipinski definition) is 1. The smallest absolute Gasteiger partial charge is 0.193 e. The average Bonchev–Trinajstić information content (AvgIpc) is 2.64. The zero-order valence-corrected chi connectivity index (χ0v) is 17.1. The van der Waals surface area contributed by atoms with Crippen molar-refractivity contribution >= 4 is 29.9 Å². The molecule has 0 aromatic heterocycles. The molecule has 0 atom stereocenters. The van der Waals surface area contributed by atoms with E-state index in [4.69, 9.17) is 10.00 Å². The summed E-state index contributed by atoms with van der Waals surface area (Å²) >= 11 is 0. The summed E-state index contributed by atoms with van der Waals surface area (Å²) in [7, 11) is 3.63. The number of nitriles is 1. The molecule has 1 N–H and O–H groups in total. The van der Waals surface area contributed by atoms with Gasteiger partial charge in [-0.25, -0.2) is 4.39 Å². The van der Waals surface area contributed by atoms with Gasteiger partial charge in [-0.3, -0.25) is 4.99 Å². The Balaban J connectivity index is 0.00000338. The summed E-state index contributed by atoms with van der Waals surface area (Å²) in [6, 6.07) is 15.5. The molecule has 0 amide bonds. The molecule has 138 valence electrons. The topological polar surface area (TPSA) is 60.7 Å². The Morgan fingerprint density at radius 1 is 1.27 bits per heavy atom. The van der Waals surface area contributed by atoms with Crippen LogP contribution in [0.5, 0.6) is 5.75 Å². The maximum atomic E-state index is 12.9. The number of nitrogens with zero attached hydrogens (tertiary/aromatic N) is 3. The normalized spacial score (nSPS) is 10.5. The summed E-state index contributed by atoms with van der Waals surface area (Å²) in [5.41, 5.74) is 1.64. The Kier molecular flexibility index (Phi) is 9.44. The number of halogens is 2. The SMILES string of the molecule is CN=C(NCc1cccc(C#N)c1)N(C)CCOc1ccc(F)cc1.I. The Hall–Kier alpha value is -2.34. The molecule has 0 spiro atoms. The third kappa shape index (κ3) is 6.88.